The van der Waals surface area contributed by atoms with E-state index in [2.05, 4.69) is 54.1 Å². The summed E-state index contributed by atoms with van der Waals surface area (Å²) in [5.41, 5.74) is 3.66. The molecule has 21 heavy (non-hydrogen) atoms. The SMILES string of the molecule is CCCn1nccc1CNC(C)c1cc(C)ccc1OC. The van der Waals surface area contributed by atoms with Gasteiger partial charge in [-0.15, -0.1) is 0 Å². The van der Waals surface area contributed by atoms with Gasteiger partial charge in [0.1, 0.15) is 5.75 Å². The van der Waals surface area contributed by atoms with E-state index >= 15 is 0 Å². The first-order valence-corrected chi connectivity index (χ1v) is 7.54. The smallest absolute Gasteiger partial charge is 0.123 e. The first kappa shape index (κ1) is 15.6. The topological polar surface area (TPSA) is 39.1 Å². The van der Waals surface area contributed by atoms with Gasteiger partial charge in [0, 0.05) is 30.9 Å². The summed E-state index contributed by atoms with van der Waals surface area (Å²) in [6.45, 7) is 8.20. The minimum Gasteiger partial charge on any atom is -0.496 e. The van der Waals surface area contributed by atoms with Crippen molar-refractivity contribution in [2.75, 3.05) is 7.11 Å². The van der Waals surface area contributed by atoms with Crippen molar-refractivity contribution in [2.45, 2.75) is 46.3 Å². The van der Waals surface area contributed by atoms with E-state index < -0.39 is 0 Å². The van der Waals surface area contributed by atoms with Gasteiger partial charge in [-0.25, -0.2) is 0 Å². The number of nitrogens with one attached hydrogen (secondary N) is 1. The van der Waals surface area contributed by atoms with E-state index in [4.69, 9.17) is 4.74 Å². The number of aromatic nitrogens is 2. The molecule has 0 aliphatic carbocycles. The zero-order valence-corrected chi connectivity index (χ0v) is 13.4. The van der Waals surface area contributed by atoms with Crippen LogP contribution in [-0.4, -0.2) is 16.9 Å². The fourth-order valence-electron chi connectivity index (χ4n) is 2.48. The molecule has 1 heterocycles. The maximum absolute atomic E-state index is 5.46. The van der Waals surface area contributed by atoms with E-state index in [0.29, 0.717) is 0 Å². The number of ether oxygens (including phenoxy) is 1. The fraction of sp³-hybridized carbons (Fsp3) is 0.471. The molecular weight excluding hydrogens is 262 g/mol. The van der Waals surface area contributed by atoms with Crippen LogP contribution in [-0.2, 0) is 13.1 Å². The predicted molar refractivity (Wildman–Crippen MR) is 85.5 cm³/mol. The van der Waals surface area contributed by atoms with Crippen LogP contribution in [0, 0.1) is 6.92 Å². The molecule has 0 aliphatic rings. The van der Waals surface area contributed by atoms with Crippen molar-refractivity contribution >= 4 is 0 Å². The van der Waals surface area contributed by atoms with Crippen LogP contribution in [0.4, 0.5) is 0 Å². The van der Waals surface area contributed by atoms with Crippen LogP contribution in [0.5, 0.6) is 5.75 Å². The number of aryl methyl sites for hydroxylation is 2. The number of nitrogens with zero attached hydrogens (tertiary/aromatic N) is 2. The summed E-state index contributed by atoms with van der Waals surface area (Å²) < 4.78 is 7.53. The zero-order valence-electron chi connectivity index (χ0n) is 13.4. The highest BCUT2D eigenvalue weighted by molar-refractivity contribution is 5.38. The van der Waals surface area contributed by atoms with Crippen molar-refractivity contribution in [3.8, 4) is 5.75 Å². The summed E-state index contributed by atoms with van der Waals surface area (Å²) in [6.07, 6.45) is 2.96. The molecule has 0 spiro atoms. The molecule has 0 amide bonds. The molecule has 0 radical (unpaired) electrons. The Morgan fingerprint density at radius 2 is 2.14 bits per heavy atom. The summed E-state index contributed by atoms with van der Waals surface area (Å²) in [7, 11) is 1.72. The Morgan fingerprint density at radius 1 is 1.33 bits per heavy atom. The van der Waals surface area contributed by atoms with E-state index in [9.17, 15) is 0 Å². The predicted octanol–water partition coefficient (Wildman–Crippen LogP) is 3.46. The summed E-state index contributed by atoms with van der Waals surface area (Å²) in [6, 6.07) is 8.59. The van der Waals surface area contributed by atoms with Gasteiger partial charge in [0.15, 0.2) is 0 Å². The average Bonchev–Trinajstić information content (AvgIpc) is 2.92. The Hall–Kier alpha value is -1.81. The Balaban J connectivity index is 2.06. The van der Waals surface area contributed by atoms with E-state index in [-0.39, 0.29) is 6.04 Å². The van der Waals surface area contributed by atoms with Crippen molar-refractivity contribution in [3.05, 3.63) is 47.3 Å². The maximum Gasteiger partial charge on any atom is 0.123 e. The normalized spacial score (nSPS) is 12.4. The molecule has 1 aromatic heterocycles. The molecule has 2 rings (SSSR count). The first-order chi connectivity index (χ1) is 10.2. The highest BCUT2D eigenvalue weighted by Gasteiger charge is 2.12. The number of hydrogen-bond donors (Lipinski definition) is 1. The van der Waals surface area contributed by atoms with Gasteiger partial charge in [0.25, 0.3) is 0 Å². The molecule has 4 nitrogen and oxygen atoms in total. The summed E-state index contributed by atoms with van der Waals surface area (Å²) >= 11 is 0. The highest BCUT2D eigenvalue weighted by atomic mass is 16.5. The third-order valence-corrected chi connectivity index (χ3v) is 3.68. The molecule has 2 aromatic rings. The lowest BCUT2D eigenvalue weighted by atomic mass is 10.0. The van der Waals surface area contributed by atoms with Gasteiger partial charge in [-0.3, -0.25) is 4.68 Å². The van der Waals surface area contributed by atoms with Crippen LogP contribution in [0.1, 0.15) is 43.1 Å². The lowest BCUT2D eigenvalue weighted by Gasteiger charge is -2.18. The quantitative estimate of drug-likeness (QED) is 0.847. The minimum absolute atomic E-state index is 0.227. The second-order valence-electron chi connectivity index (χ2n) is 5.39. The van der Waals surface area contributed by atoms with Crippen LogP contribution in [0.3, 0.4) is 0 Å². The standard InChI is InChI=1S/C17H25N3O/c1-5-10-20-15(8-9-19-20)12-18-14(3)16-11-13(2)6-7-17(16)21-4/h6-9,11,14,18H,5,10,12H2,1-4H3. The van der Waals surface area contributed by atoms with Crippen LogP contribution in [0.2, 0.25) is 0 Å². The molecule has 1 unspecified atom stereocenters. The molecule has 1 N–H and O–H groups in total. The molecule has 0 saturated carbocycles. The Kier molecular flexibility index (Phi) is 5.39. The van der Waals surface area contributed by atoms with Gasteiger partial charge >= 0.3 is 0 Å². The van der Waals surface area contributed by atoms with Crippen molar-refractivity contribution in [1.29, 1.82) is 0 Å². The molecule has 114 valence electrons. The number of benzene rings is 1. The Labute approximate surface area is 127 Å². The van der Waals surface area contributed by atoms with Crippen molar-refractivity contribution in [3.63, 3.8) is 0 Å². The van der Waals surface area contributed by atoms with Gasteiger partial charge in [-0.2, -0.15) is 5.10 Å². The van der Waals surface area contributed by atoms with Gasteiger partial charge in [-0.05, 0) is 32.4 Å². The molecule has 4 heteroatoms. The number of hydrogen-bond acceptors (Lipinski definition) is 3. The Bertz CT molecular complexity index is 577. The van der Waals surface area contributed by atoms with Crippen molar-refractivity contribution in [1.82, 2.24) is 15.1 Å². The molecule has 1 atom stereocenters. The van der Waals surface area contributed by atoms with Gasteiger partial charge in [0.2, 0.25) is 0 Å². The van der Waals surface area contributed by atoms with Gasteiger partial charge < -0.3 is 10.1 Å². The average molecular weight is 287 g/mol. The molecule has 0 bridgehead atoms. The molecule has 0 aliphatic heterocycles. The van der Waals surface area contributed by atoms with E-state index in [1.165, 1.54) is 16.8 Å². The second kappa shape index (κ2) is 7.27. The summed E-state index contributed by atoms with van der Waals surface area (Å²) in [5, 5.41) is 7.92. The largest absolute Gasteiger partial charge is 0.496 e. The lowest BCUT2D eigenvalue weighted by Crippen LogP contribution is -2.21. The van der Waals surface area contributed by atoms with Gasteiger partial charge in [-0.1, -0.05) is 24.6 Å². The fourth-order valence-corrected chi connectivity index (χ4v) is 2.48. The van der Waals surface area contributed by atoms with Crippen LogP contribution in [0.15, 0.2) is 30.5 Å². The summed E-state index contributed by atoms with van der Waals surface area (Å²) in [4.78, 5) is 0. The molecular formula is C17H25N3O. The number of methoxy groups -OCH3 is 1. The van der Waals surface area contributed by atoms with Gasteiger partial charge in [0.05, 0.1) is 12.8 Å². The zero-order chi connectivity index (χ0) is 15.2. The van der Waals surface area contributed by atoms with Crippen LogP contribution in [0.25, 0.3) is 0 Å². The van der Waals surface area contributed by atoms with Crippen molar-refractivity contribution in [2.24, 2.45) is 0 Å². The monoisotopic (exact) mass is 287 g/mol. The minimum atomic E-state index is 0.227. The second-order valence-corrected chi connectivity index (χ2v) is 5.39. The summed E-state index contributed by atoms with van der Waals surface area (Å²) in [5.74, 6) is 0.933. The van der Waals surface area contributed by atoms with E-state index in [1.807, 2.05) is 12.3 Å². The van der Waals surface area contributed by atoms with Crippen LogP contribution >= 0.6 is 0 Å². The molecule has 1 aromatic carbocycles. The maximum atomic E-state index is 5.46. The molecule has 0 saturated heterocycles. The third-order valence-electron chi connectivity index (χ3n) is 3.68. The van der Waals surface area contributed by atoms with Crippen molar-refractivity contribution < 1.29 is 4.74 Å². The van der Waals surface area contributed by atoms with E-state index in [0.717, 1.165) is 25.3 Å². The van der Waals surface area contributed by atoms with Crippen LogP contribution < -0.4 is 10.1 Å². The molecule has 0 fully saturated rings. The first-order valence-electron chi connectivity index (χ1n) is 7.54. The number of rotatable bonds is 7. The lowest BCUT2D eigenvalue weighted by molar-refractivity contribution is 0.400. The van der Waals surface area contributed by atoms with E-state index in [1.54, 1.807) is 7.11 Å². The Morgan fingerprint density at radius 3 is 2.86 bits per heavy atom. The highest BCUT2D eigenvalue weighted by Crippen LogP contribution is 2.26. The third kappa shape index (κ3) is 3.85.